The maximum Gasteiger partial charge on any atom is 0.277 e. The molecule has 1 rings (SSSR count). The Labute approximate surface area is 121 Å². The summed E-state index contributed by atoms with van der Waals surface area (Å²) in [5.41, 5.74) is 2.56. The second-order valence-electron chi connectivity index (χ2n) is 5.75. The molecule has 1 aromatic rings. The lowest BCUT2D eigenvalue weighted by molar-refractivity contribution is -0.0758. The molecular weight excluding hydrogens is 254 g/mol. The van der Waals surface area contributed by atoms with Crippen LogP contribution in [0, 0.1) is 0 Å². The first-order valence-corrected chi connectivity index (χ1v) is 6.84. The van der Waals surface area contributed by atoms with Gasteiger partial charge in [-0.3, -0.25) is 9.63 Å². The molecule has 112 valence electrons. The smallest absolute Gasteiger partial charge is 0.277 e. The van der Waals surface area contributed by atoms with Crippen molar-refractivity contribution in [3.05, 3.63) is 34.9 Å². The Morgan fingerprint density at radius 2 is 1.95 bits per heavy atom. The van der Waals surface area contributed by atoms with E-state index in [-0.39, 0.29) is 11.3 Å². The van der Waals surface area contributed by atoms with Crippen molar-refractivity contribution in [3.8, 4) is 0 Å². The van der Waals surface area contributed by atoms with Crippen LogP contribution in [0.25, 0.3) is 0 Å². The highest BCUT2D eigenvalue weighted by Crippen LogP contribution is 2.27. The molecule has 0 aliphatic carbocycles. The summed E-state index contributed by atoms with van der Waals surface area (Å²) in [6.45, 7) is 9.39. The topological polar surface area (TPSA) is 38.8 Å². The molecule has 0 aliphatic heterocycles. The van der Waals surface area contributed by atoms with Crippen molar-refractivity contribution in [1.82, 2.24) is 5.06 Å². The van der Waals surface area contributed by atoms with E-state index in [0.717, 1.165) is 11.1 Å². The summed E-state index contributed by atoms with van der Waals surface area (Å²) in [6, 6.07) is 5.92. The Hall–Kier alpha value is -1.39. The zero-order valence-corrected chi connectivity index (χ0v) is 13.3. The summed E-state index contributed by atoms with van der Waals surface area (Å²) in [5.74, 6) is -0.143. The molecule has 0 aromatic heterocycles. The molecule has 0 radical (unpaired) electrons. The number of carbonyl (C=O) groups excluding carboxylic acids is 1. The lowest BCUT2D eigenvalue weighted by Gasteiger charge is -2.25. The highest BCUT2D eigenvalue weighted by atomic mass is 16.7. The maximum absolute atomic E-state index is 12.4. The summed E-state index contributed by atoms with van der Waals surface area (Å²) >= 11 is 0. The molecule has 0 fully saturated rings. The van der Waals surface area contributed by atoms with E-state index < -0.39 is 0 Å². The molecular formula is C16H25NO3. The third kappa shape index (κ3) is 4.05. The van der Waals surface area contributed by atoms with Crippen LogP contribution in [0.4, 0.5) is 0 Å². The van der Waals surface area contributed by atoms with Gasteiger partial charge in [-0.15, -0.1) is 0 Å². The van der Waals surface area contributed by atoms with Gasteiger partial charge in [0, 0.05) is 19.2 Å². The molecule has 1 amide bonds. The molecule has 0 bridgehead atoms. The zero-order valence-electron chi connectivity index (χ0n) is 13.3. The van der Waals surface area contributed by atoms with Gasteiger partial charge in [-0.1, -0.05) is 32.9 Å². The SMILES string of the molecule is CCOCc1ccc(C(C)(C)C)c(C(=O)N(C)OC)c1. The number of rotatable bonds is 5. The van der Waals surface area contributed by atoms with Crippen molar-refractivity contribution >= 4 is 5.91 Å². The lowest BCUT2D eigenvalue weighted by Crippen LogP contribution is -2.28. The van der Waals surface area contributed by atoms with Crippen LogP contribution in [0.1, 0.15) is 49.2 Å². The van der Waals surface area contributed by atoms with Crippen molar-refractivity contribution < 1.29 is 14.4 Å². The maximum atomic E-state index is 12.4. The first kappa shape index (κ1) is 16.7. The predicted molar refractivity (Wildman–Crippen MR) is 79.6 cm³/mol. The van der Waals surface area contributed by atoms with Gasteiger partial charge in [-0.2, -0.15) is 0 Å². The van der Waals surface area contributed by atoms with E-state index in [9.17, 15) is 4.79 Å². The summed E-state index contributed by atoms with van der Waals surface area (Å²) in [7, 11) is 3.10. The van der Waals surface area contributed by atoms with Crippen molar-refractivity contribution in [3.63, 3.8) is 0 Å². The van der Waals surface area contributed by atoms with E-state index in [1.807, 2.05) is 25.1 Å². The minimum atomic E-state index is -0.143. The first-order chi connectivity index (χ1) is 9.31. The molecule has 0 heterocycles. The van der Waals surface area contributed by atoms with Crippen LogP contribution in [0.3, 0.4) is 0 Å². The average molecular weight is 279 g/mol. The van der Waals surface area contributed by atoms with Crippen LogP contribution < -0.4 is 0 Å². The highest BCUT2D eigenvalue weighted by Gasteiger charge is 2.24. The third-order valence-corrected chi connectivity index (χ3v) is 3.16. The van der Waals surface area contributed by atoms with Gasteiger partial charge in [-0.25, -0.2) is 5.06 Å². The Kier molecular flexibility index (Phi) is 5.72. The number of hydroxylamine groups is 2. The van der Waals surface area contributed by atoms with Gasteiger partial charge >= 0.3 is 0 Å². The summed E-state index contributed by atoms with van der Waals surface area (Å²) in [5, 5.41) is 1.25. The Balaban J connectivity index is 3.23. The zero-order chi connectivity index (χ0) is 15.3. The van der Waals surface area contributed by atoms with Gasteiger partial charge in [-0.05, 0) is 29.5 Å². The number of nitrogens with zero attached hydrogens (tertiary/aromatic N) is 1. The van der Waals surface area contributed by atoms with E-state index in [1.54, 1.807) is 7.05 Å². The van der Waals surface area contributed by atoms with Gasteiger partial charge in [0.05, 0.1) is 13.7 Å². The number of hydrogen-bond donors (Lipinski definition) is 0. The number of hydrogen-bond acceptors (Lipinski definition) is 3. The minimum Gasteiger partial charge on any atom is -0.377 e. The van der Waals surface area contributed by atoms with Crippen LogP contribution in [0.2, 0.25) is 0 Å². The van der Waals surface area contributed by atoms with E-state index in [4.69, 9.17) is 9.57 Å². The average Bonchev–Trinajstić information content (AvgIpc) is 2.42. The molecule has 4 nitrogen and oxygen atoms in total. The quantitative estimate of drug-likeness (QED) is 0.777. The highest BCUT2D eigenvalue weighted by molar-refractivity contribution is 5.95. The van der Waals surface area contributed by atoms with Crippen LogP contribution >= 0.6 is 0 Å². The second kappa shape index (κ2) is 6.86. The molecule has 0 saturated heterocycles. The molecule has 0 spiro atoms. The molecule has 4 heteroatoms. The Morgan fingerprint density at radius 3 is 2.45 bits per heavy atom. The van der Waals surface area contributed by atoms with Crippen molar-refractivity contribution in [1.29, 1.82) is 0 Å². The van der Waals surface area contributed by atoms with E-state index in [0.29, 0.717) is 18.8 Å². The normalized spacial score (nSPS) is 11.5. The standard InChI is InChI=1S/C16H25NO3/c1-7-20-11-12-8-9-14(16(2,3)4)13(10-12)15(18)17(5)19-6/h8-10H,7,11H2,1-6H3. The van der Waals surface area contributed by atoms with Crippen LogP contribution in [0.15, 0.2) is 18.2 Å². The monoisotopic (exact) mass is 279 g/mol. The largest absolute Gasteiger partial charge is 0.377 e. The van der Waals surface area contributed by atoms with Crippen LogP contribution in [0.5, 0.6) is 0 Å². The van der Waals surface area contributed by atoms with Gasteiger partial charge in [0.1, 0.15) is 0 Å². The Morgan fingerprint density at radius 1 is 1.30 bits per heavy atom. The fourth-order valence-corrected chi connectivity index (χ4v) is 1.98. The van der Waals surface area contributed by atoms with Gasteiger partial charge < -0.3 is 4.74 Å². The molecule has 1 aromatic carbocycles. The summed E-state index contributed by atoms with van der Waals surface area (Å²) in [6.07, 6.45) is 0. The molecule has 0 N–H and O–H groups in total. The van der Waals surface area contributed by atoms with Crippen LogP contribution in [-0.2, 0) is 21.6 Å². The second-order valence-corrected chi connectivity index (χ2v) is 5.75. The van der Waals surface area contributed by atoms with Gasteiger partial charge in [0.2, 0.25) is 0 Å². The minimum absolute atomic E-state index is 0.107. The Bertz CT molecular complexity index is 463. The van der Waals surface area contributed by atoms with Crippen LogP contribution in [-0.4, -0.2) is 31.7 Å². The number of ether oxygens (including phenoxy) is 1. The van der Waals surface area contributed by atoms with E-state index in [2.05, 4.69) is 20.8 Å². The molecule has 0 aliphatic rings. The van der Waals surface area contributed by atoms with E-state index >= 15 is 0 Å². The summed E-state index contributed by atoms with van der Waals surface area (Å²) in [4.78, 5) is 17.4. The predicted octanol–water partition coefficient (Wildman–Crippen LogP) is 3.15. The van der Waals surface area contributed by atoms with Gasteiger partial charge in [0.15, 0.2) is 0 Å². The fraction of sp³-hybridized carbons (Fsp3) is 0.562. The third-order valence-electron chi connectivity index (χ3n) is 3.16. The lowest BCUT2D eigenvalue weighted by atomic mass is 9.83. The van der Waals surface area contributed by atoms with Crippen molar-refractivity contribution in [2.75, 3.05) is 20.8 Å². The first-order valence-electron chi connectivity index (χ1n) is 6.84. The molecule has 0 atom stereocenters. The molecule has 0 saturated carbocycles. The molecule has 20 heavy (non-hydrogen) atoms. The number of amides is 1. The van der Waals surface area contributed by atoms with E-state index in [1.165, 1.54) is 12.2 Å². The molecule has 0 unspecified atom stereocenters. The number of benzene rings is 1. The van der Waals surface area contributed by atoms with Crippen molar-refractivity contribution in [2.45, 2.75) is 39.7 Å². The fourth-order valence-electron chi connectivity index (χ4n) is 1.98. The van der Waals surface area contributed by atoms with Gasteiger partial charge in [0.25, 0.3) is 5.91 Å². The van der Waals surface area contributed by atoms with Crippen molar-refractivity contribution in [2.24, 2.45) is 0 Å². The summed E-state index contributed by atoms with van der Waals surface area (Å²) < 4.78 is 5.41. The number of carbonyl (C=O) groups is 1.